The van der Waals surface area contributed by atoms with Gasteiger partial charge in [0.1, 0.15) is 0 Å². The number of aryl methyl sites for hydroxylation is 1. The molecule has 0 fully saturated rings. The smallest absolute Gasteiger partial charge is 0.0867 e. The summed E-state index contributed by atoms with van der Waals surface area (Å²) in [6.45, 7) is 5.42. The van der Waals surface area contributed by atoms with E-state index in [1.54, 1.807) is 11.8 Å². The molecule has 1 aromatic rings. The number of hydrogen-bond acceptors (Lipinski definition) is 3. The molecule has 0 amide bonds. The standard InChI is InChI=1S/C14H22O2S/c1-3-4-9-16-10-13(15)11-17-14-8-6-5-7-12(14)2/h5-8,13,15H,3-4,9-11H2,1-2H3. The lowest BCUT2D eigenvalue weighted by Gasteiger charge is -2.11. The molecule has 0 spiro atoms. The van der Waals surface area contributed by atoms with Crippen LogP contribution in [0.2, 0.25) is 0 Å². The van der Waals surface area contributed by atoms with Gasteiger partial charge < -0.3 is 9.84 Å². The van der Waals surface area contributed by atoms with E-state index in [1.165, 1.54) is 10.5 Å². The fourth-order valence-corrected chi connectivity index (χ4v) is 2.36. The summed E-state index contributed by atoms with van der Waals surface area (Å²) < 4.78 is 5.39. The van der Waals surface area contributed by atoms with Crippen molar-refractivity contribution in [3.8, 4) is 0 Å². The third-order valence-electron chi connectivity index (χ3n) is 2.48. The molecule has 0 saturated heterocycles. The largest absolute Gasteiger partial charge is 0.390 e. The average molecular weight is 254 g/mol. The molecule has 0 aromatic heterocycles. The van der Waals surface area contributed by atoms with Crippen molar-refractivity contribution in [2.75, 3.05) is 19.0 Å². The molecule has 0 aliphatic carbocycles. The van der Waals surface area contributed by atoms with Crippen molar-refractivity contribution < 1.29 is 9.84 Å². The number of unbranched alkanes of at least 4 members (excludes halogenated alkanes) is 1. The van der Waals surface area contributed by atoms with Crippen LogP contribution in [0.15, 0.2) is 29.2 Å². The molecular formula is C14H22O2S. The van der Waals surface area contributed by atoms with E-state index in [0.29, 0.717) is 12.4 Å². The highest BCUT2D eigenvalue weighted by Crippen LogP contribution is 2.22. The van der Waals surface area contributed by atoms with Crippen molar-refractivity contribution in [1.82, 2.24) is 0 Å². The number of hydrogen-bond donors (Lipinski definition) is 1. The molecule has 1 unspecified atom stereocenters. The summed E-state index contributed by atoms with van der Waals surface area (Å²) in [5.41, 5.74) is 1.26. The van der Waals surface area contributed by atoms with Crippen molar-refractivity contribution in [2.24, 2.45) is 0 Å². The molecule has 96 valence electrons. The van der Waals surface area contributed by atoms with Crippen LogP contribution in [0, 0.1) is 6.92 Å². The van der Waals surface area contributed by atoms with Gasteiger partial charge in [-0.15, -0.1) is 11.8 Å². The summed E-state index contributed by atoms with van der Waals surface area (Å²) in [6, 6.07) is 8.24. The highest BCUT2D eigenvalue weighted by atomic mass is 32.2. The zero-order valence-electron chi connectivity index (χ0n) is 10.7. The molecule has 1 aromatic carbocycles. The summed E-state index contributed by atoms with van der Waals surface area (Å²) in [5.74, 6) is 0.691. The van der Waals surface area contributed by atoms with Gasteiger partial charge in [-0.2, -0.15) is 0 Å². The van der Waals surface area contributed by atoms with E-state index in [4.69, 9.17) is 4.74 Å². The third kappa shape index (κ3) is 6.10. The first-order valence-electron chi connectivity index (χ1n) is 6.18. The predicted octanol–water partition coefficient (Wildman–Crippen LogP) is 3.26. The Morgan fingerprint density at radius 2 is 2.12 bits per heavy atom. The number of thioether (sulfide) groups is 1. The third-order valence-corrected chi connectivity index (χ3v) is 3.80. The van der Waals surface area contributed by atoms with Crippen molar-refractivity contribution in [3.63, 3.8) is 0 Å². The second-order valence-electron chi connectivity index (χ2n) is 4.16. The maximum atomic E-state index is 9.75. The Labute approximate surface area is 108 Å². The van der Waals surface area contributed by atoms with Gasteiger partial charge in [-0.25, -0.2) is 0 Å². The fourth-order valence-electron chi connectivity index (χ4n) is 1.42. The van der Waals surface area contributed by atoms with Crippen LogP contribution in [0.3, 0.4) is 0 Å². The van der Waals surface area contributed by atoms with Crippen LogP contribution in [0.1, 0.15) is 25.3 Å². The first-order valence-corrected chi connectivity index (χ1v) is 7.16. The lowest BCUT2D eigenvalue weighted by Crippen LogP contribution is -2.18. The number of aliphatic hydroxyl groups excluding tert-OH is 1. The second-order valence-corrected chi connectivity index (χ2v) is 5.22. The van der Waals surface area contributed by atoms with Gasteiger partial charge in [0, 0.05) is 17.3 Å². The molecular weight excluding hydrogens is 232 g/mol. The topological polar surface area (TPSA) is 29.5 Å². The van der Waals surface area contributed by atoms with Gasteiger partial charge in [0.15, 0.2) is 0 Å². The van der Waals surface area contributed by atoms with Crippen molar-refractivity contribution >= 4 is 11.8 Å². The second kappa shape index (κ2) is 8.56. The normalized spacial score (nSPS) is 12.6. The first kappa shape index (κ1) is 14.6. The summed E-state index contributed by atoms with van der Waals surface area (Å²) in [4.78, 5) is 1.24. The molecule has 1 atom stereocenters. The summed E-state index contributed by atoms with van der Waals surface area (Å²) >= 11 is 1.69. The minimum Gasteiger partial charge on any atom is -0.390 e. The predicted molar refractivity (Wildman–Crippen MR) is 73.6 cm³/mol. The van der Waals surface area contributed by atoms with E-state index in [1.807, 2.05) is 12.1 Å². The van der Waals surface area contributed by atoms with Crippen LogP contribution in [0.25, 0.3) is 0 Å². The van der Waals surface area contributed by atoms with Crippen LogP contribution in [-0.2, 0) is 4.74 Å². The molecule has 0 aliphatic rings. The van der Waals surface area contributed by atoms with E-state index < -0.39 is 0 Å². The Morgan fingerprint density at radius 1 is 1.35 bits per heavy atom. The average Bonchev–Trinajstić information content (AvgIpc) is 2.34. The Kier molecular flexibility index (Phi) is 7.33. The Balaban J connectivity index is 2.19. The van der Waals surface area contributed by atoms with Gasteiger partial charge in [0.25, 0.3) is 0 Å². The molecule has 17 heavy (non-hydrogen) atoms. The highest BCUT2D eigenvalue weighted by Gasteiger charge is 2.06. The quantitative estimate of drug-likeness (QED) is 0.570. The summed E-state index contributed by atoms with van der Waals surface area (Å²) in [6.07, 6.45) is 1.82. The van der Waals surface area contributed by atoms with Gasteiger partial charge in [0.05, 0.1) is 12.7 Å². The fraction of sp³-hybridized carbons (Fsp3) is 0.571. The molecule has 0 heterocycles. The maximum absolute atomic E-state index is 9.75. The van der Waals surface area contributed by atoms with Gasteiger partial charge >= 0.3 is 0 Å². The lowest BCUT2D eigenvalue weighted by atomic mass is 10.2. The lowest BCUT2D eigenvalue weighted by molar-refractivity contribution is 0.0473. The molecule has 0 bridgehead atoms. The number of benzene rings is 1. The minimum absolute atomic E-state index is 0.378. The molecule has 0 aliphatic heterocycles. The van der Waals surface area contributed by atoms with Crippen LogP contribution >= 0.6 is 11.8 Å². The first-order chi connectivity index (χ1) is 8.24. The Morgan fingerprint density at radius 3 is 2.82 bits per heavy atom. The molecule has 1 rings (SSSR count). The molecule has 2 nitrogen and oxygen atoms in total. The van der Waals surface area contributed by atoms with E-state index in [-0.39, 0.29) is 6.10 Å². The van der Waals surface area contributed by atoms with Gasteiger partial charge in [-0.1, -0.05) is 31.5 Å². The van der Waals surface area contributed by atoms with Gasteiger partial charge in [-0.05, 0) is 25.0 Å². The van der Waals surface area contributed by atoms with Crippen molar-refractivity contribution in [3.05, 3.63) is 29.8 Å². The summed E-state index contributed by atoms with van der Waals surface area (Å²) in [5, 5.41) is 9.75. The molecule has 3 heteroatoms. The van der Waals surface area contributed by atoms with Crippen LogP contribution in [0.4, 0.5) is 0 Å². The van der Waals surface area contributed by atoms with Crippen molar-refractivity contribution in [2.45, 2.75) is 37.7 Å². The van der Waals surface area contributed by atoms with E-state index in [9.17, 15) is 5.11 Å². The van der Waals surface area contributed by atoms with E-state index in [0.717, 1.165) is 19.4 Å². The molecule has 1 N–H and O–H groups in total. The zero-order chi connectivity index (χ0) is 12.5. The summed E-state index contributed by atoms with van der Waals surface area (Å²) in [7, 11) is 0. The monoisotopic (exact) mass is 254 g/mol. The minimum atomic E-state index is -0.378. The number of ether oxygens (including phenoxy) is 1. The zero-order valence-corrected chi connectivity index (χ0v) is 11.5. The van der Waals surface area contributed by atoms with Crippen LogP contribution < -0.4 is 0 Å². The van der Waals surface area contributed by atoms with E-state index in [2.05, 4.69) is 26.0 Å². The highest BCUT2D eigenvalue weighted by molar-refractivity contribution is 7.99. The van der Waals surface area contributed by atoms with Gasteiger partial charge in [0.2, 0.25) is 0 Å². The van der Waals surface area contributed by atoms with E-state index >= 15 is 0 Å². The Bertz CT molecular complexity index is 315. The van der Waals surface area contributed by atoms with Crippen molar-refractivity contribution in [1.29, 1.82) is 0 Å². The maximum Gasteiger partial charge on any atom is 0.0867 e. The number of rotatable bonds is 8. The van der Waals surface area contributed by atoms with Gasteiger partial charge in [-0.3, -0.25) is 0 Å². The SMILES string of the molecule is CCCCOCC(O)CSc1ccccc1C. The van der Waals surface area contributed by atoms with Crippen LogP contribution in [0.5, 0.6) is 0 Å². The Hall–Kier alpha value is -0.510. The number of aliphatic hydroxyl groups is 1. The molecule has 0 saturated carbocycles. The van der Waals surface area contributed by atoms with Crippen LogP contribution in [-0.4, -0.2) is 30.2 Å². The molecule has 0 radical (unpaired) electrons.